The van der Waals surface area contributed by atoms with Gasteiger partial charge in [-0.3, -0.25) is 10.1 Å². The van der Waals surface area contributed by atoms with E-state index in [9.17, 15) is 24.7 Å². The van der Waals surface area contributed by atoms with E-state index in [-0.39, 0.29) is 25.3 Å². The fraction of sp³-hybridized carbons (Fsp3) is 0.278. The quantitative estimate of drug-likeness (QED) is 0.178. The van der Waals surface area contributed by atoms with Gasteiger partial charge in [0.25, 0.3) is 0 Å². The van der Waals surface area contributed by atoms with Crippen LogP contribution in [-0.2, 0) is 24.6 Å². The number of aliphatic hydroxyl groups is 1. The predicted molar refractivity (Wildman–Crippen MR) is 169 cm³/mol. The molecule has 46 heavy (non-hydrogen) atoms. The topological polar surface area (TPSA) is 130 Å². The molecule has 0 bridgehead atoms. The second-order valence-electron chi connectivity index (χ2n) is 11.3. The van der Waals surface area contributed by atoms with Gasteiger partial charge in [0.2, 0.25) is 0 Å². The van der Waals surface area contributed by atoms with Crippen molar-refractivity contribution in [3.63, 3.8) is 0 Å². The van der Waals surface area contributed by atoms with E-state index >= 15 is 0 Å². The monoisotopic (exact) mass is 626 g/mol. The zero-order valence-corrected chi connectivity index (χ0v) is 25.9. The Labute approximate surface area is 266 Å². The molecule has 1 atom stereocenters. The number of aliphatic hydroxyl groups excluding tert-OH is 1. The molecule has 0 fully saturated rings. The Morgan fingerprint density at radius 1 is 0.978 bits per heavy atom. The molecular weight excluding hydrogens is 591 g/mol. The first kappa shape index (κ1) is 32.3. The summed E-state index contributed by atoms with van der Waals surface area (Å²) >= 11 is 0. The summed E-state index contributed by atoms with van der Waals surface area (Å²) in [5.74, 6) is 0.597. The molecule has 238 valence electrons. The number of nitrogens with zero attached hydrogens (tertiary/aromatic N) is 1. The molecule has 9 nitrogen and oxygen atoms in total. The number of aryl methyl sites for hydroxylation is 1. The molecule has 0 radical (unpaired) electrons. The van der Waals surface area contributed by atoms with Gasteiger partial charge >= 0.3 is 5.97 Å². The molecule has 0 aromatic heterocycles. The highest BCUT2D eigenvalue weighted by atomic mass is 19.1. The standard InChI is InChI=1S/C36H35FN2O7/c1-22-13-28(18-39-36(3,21-40)35(41)42)33(45-19-24-7-9-30(37)27(14-24)17-38)16-32(22)46-20-26-5-4-6-29(23(26)2)25-8-10-31-34(15-25)44-12-11-43-31/h4-10,13-16,39-40H,11-12,18-21H2,1-3H3,(H,41,42). The lowest BCUT2D eigenvalue weighted by Gasteiger charge is -2.25. The van der Waals surface area contributed by atoms with Gasteiger partial charge in [0.15, 0.2) is 11.5 Å². The number of hydrogen-bond donors (Lipinski definition) is 3. The molecule has 4 aromatic carbocycles. The third kappa shape index (κ3) is 7.07. The van der Waals surface area contributed by atoms with E-state index in [1.54, 1.807) is 6.07 Å². The Hall–Kier alpha value is -5.11. The van der Waals surface area contributed by atoms with Gasteiger partial charge in [0.1, 0.15) is 55.4 Å². The van der Waals surface area contributed by atoms with Crippen LogP contribution in [0, 0.1) is 31.0 Å². The Balaban J connectivity index is 1.40. The van der Waals surface area contributed by atoms with Crippen molar-refractivity contribution in [2.75, 3.05) is 19.8 Å². The van der Waals surface area contributed by atoms with Crippen LogP contribution in [0.25, 0.3) is 11.1 Å². The number of rotatable bonds is 12. The summed E-state index contributed by atoms with van der Waals surface area (Å²) in [5.41, 5.74) is 4.42. The maximum atomic E-state index is 13.9. The minimum atomic E-state index is -1.57. The summed E-state index contributed by atoms with van der Waals surface area (Å²) in [6, 6.07) is 21.5. The van der Waals surface area contributed by atoms with Crippen LogP contribution >= 0.6 is 0 Å². The molecule has 1 heterocycles. The summed E-state index contributed by atoms with van der Waals surface area (Å²) in [7, 11) is 0. The first-order valence-electron chi connectivity index (χ1n) is 14.8. The van der Waals surface area contributed by atoms with Crippen molar-refractivity contribution < 1.29 is 38.3 Å². The van der Waals surface area contributed by atoms with E-state index in [4.69, 9.17) is 18.9 Å². The summed E-state index contributed by atoms with van der Waals surface area (Å²) in [5, 5.41) is 31.4. The number of halogens is 1. The molecule has 5 rings (SSSR count). The van der Waals surface area contributed by atoms with Crippen LogP contribution in [0.1, 0.15) is 40.3 Å². The molecular formula is C36H35FN2O7. The van der Waals surface area contributed by atoms with Crippen molar-refractivity contribution in [2.24, 2.45) is 0 Å². The maximum Gasteiger partial charge on any atom is 0.326 e. The number of carboxylic acid groups (broad SMARTS) is 1. The molecule has 10 heteroatoms. The Morgan fingerprint density at radius 3 is 2.48 bits per heavy atom. The highest BCUT2D eigenvalue weighted by Crippen LogP contribution is 2.37. The average molecular weight is 627 g/mol. The van der Waals surface area contributed by atoms with Gasteiger partial charge in [-0.25, -0.2) is 4.39 Å². The SMILES string of the molecule is Cc1cc(CNC(C)(CO)C(=O)O)c(OCc2ccc(F)c(C#N)c2)cc1OCc1cccc(-c2ccc3c(c2)OCCO3)c1C. The number of benzene rings is 4. The molecule has 0 saturated carbocycles. The number of fused-ring (bicyclic) bond motifs is 1. The second-order valence-corrected chi connectivity index (χ2v) is 11.3. The fourth-order valence-electron chi connectivity index (χ4n) is 5.07. The highest BCUT2D eigenvalue weighted by Gasteiger charge is 2.32. The van der Waals surface area contributed by atoms with Crippen LogP contribution in [0.5, 0.6) is 23.0 Å². The molecule has 3 N–H and O–H groups in total. The van der Waals surface area contributed by atoms with Gasteiger partial charge in [0.05, 0.1) is 12.2 Å². The van der Waals surface area contributed by atoms with Gasteiger partial charge in [-0.1, -0.05) is 30.3 Å². The number of nitriles is 1. The average Bonchev–Trinajstić information content (AvgIpc) is 3.06. The van der Waals surface area contributed by atoms with E-state index < -0.39 is 23.9 Å². The number of carboxylic acids is 1. The lowest BCUT2D eigenvalue weighted by atomic mass is 9.96. The molecule has 0 spiro atoms. The number of nitrogens with one attached hydrogen (secondary N) is 1. The van der Waals surface area contributed by atoms with Crippen molar-refractivity contribution in [1.29, 1.82) is 5.26 Å². The fourth-order valence-corrected chi connectivity index (χ4v) is 5.07. The van der Waals surface area contributed by atoms with Crippen molar-refractivity contribution in [3.05, 3.63) is 106 Å². The molecule has 0 aliphatic carbocycles. The smallest absolute Gasteiger partial charge is 0.326 e. The van der Waals surface area contributed by atoms with Crippen molar-refractivity contribution in [3.8, 4) is 40.2 Å². The summed E-state index contributed by atoms with van der Waals surface area (Å²) in [4.78, 5) is 11.8. The van der Waals surface area contributed by atoms with Gasteiger partial charge in [0, 0.05) is 18.2 Å². The largest absolute Gasteiger partial charge is 0.488 e. The van der Waals surface area contributed by atoms with Crippen LogP contribution in [0.3, 0.4) is 0 Å². The summed E-state index contributed by atoms with van der Waals surface area (Å²) in [6.07, 6.45) is 0. The first-order valence-corrected chi connectivity index (χ1v) is 14.8. The minimum Gasteiger partial charge on any atom is -0.488 e. The van der Waals surface area contributed by atoms with Crippen LogP contribution < -0.4 is 24.3 Å². The normalized spacial score (nSPS) is 13.4. The maximum absolute atomic E-state index is 13.9. The second kappa shape index (κ2) is 13.9. The van der Waals surface area contributed by atoms with Gasteiger partial charge in [-0.15, -0.1) is 0 Å². The van der Waals surface area contributed by atoms with E-state index in [1.807, 2.05) is 62.4 Å². The zero-order valence-electron chi connectivity index (χ0n) is 25.9. The van der Waals surface area contributed by atoms with Gasteiger partial charge in [-0.2, -0.15) is 5.26 Å². The van der Waals surface area contributed by atoms with E-state index in [2.05, 4.69) is 5.32 Å². The third-order valence-electron chi connectivity index (χ3n) is 8.04. The zero-order chi connectivity index (χ0) is 32.8. The molecule has 4 aromatic rings. The van der Waals surface area contributed by atoms with Gasteiger partial charge in [-0.05, 0) is 84.5 Å². The summed E-state index contributed by atoms with van der Waals surface area (Å²) < 4.78 is 37.8. The van der Waals surface area contributed by atoms with Gasteiger partial charge < -0.3 is 29.2 Å². The summed E-state index contributed by atoms with van der Waals surface area (Å²) in [6.45, 7) is 6.10. The Kier molecular flexibility index (Phi) is 9.75. The van der Waals surface area contributed by atoms with Crippen LogP contribution in [0.2, 0.25) is 0 Å². The van der Waals surface area contributed by atoms with Crippen LogP contribution in [0.4, 0.5) is 4.39 Å². The first-order chi connectivity index (χ1) is 22.1. The predicted octanol–water partition coefficient (Wildman–Crippen LogP) is 5.84. The number of carbonyl (C=O) groups is 1. The van der Waals surface area contributed by atoms with E-state index in [1.165, 1.54) is 25.1 Å². The Bertz CT molecular complexity index is 1800. The van der Waals surface area contributed by atoms with Crippen LogP contribution in [0.15, 0.2) is 66.7 Å². The molecule has 0 saturated heterocycles. The lowest BCUT2D eigenvalue weighted by molar-refractivity contribution is -0.145. The minimum absolute atomic E-state index is 0.0251. The molecule has 1 aliphatic heterocycles. The Morgan fingerprint density at radius 2 is 1.74 bits per heavy atom. The van der Waals surface area contributed by atoms with Crippen LogP contribution in [-0.4, -0.2) is 41.5 Å². The number of aliphatic carboxylic acids is 1. The molecule has 1 unspecified atom stereocenters. The van der Waals surface area contributed by atoms with Crippen molar-refractivity contribution >= 4 is 5.97 Å². The lowest BCUT2D eigenvalue weighted by Crippen LogP contribution is -2.52. The molecule has 0 amide bonds. The number of hydrogen-bond acceptors (Lipinski definition) is 8. The third-order valence-corrected chi connectivity index (χ3v) is 8.04. The van der Waals surface area contributed by atoms with E-state index in [0.29, 0.717) is 35.8 Å². The highest BCUT2D eigenvalue weighted by molar-refractivity contribution is 5.78. The van der Waals surface area contributed by atoms with Crippen molar-refractivity contribution in [2.45, 2.75) is 46.1 Å². The number of ether oxygens (including phenoxy) is 4. The molecule has 1 aliphatic rings. The van der Waals surface area contributed by atoms with E-state index in [0.717, 1.165) is 39.3 Å². The van der Waals surface area contributed by atoms with Crippen molar-refractivity contribution in [1.82, 2.24) is 5.32 Å².